The lowest BCUT2D eigenvalue weighted by Gasteiger charge is -2.15. The highest BCUT2D eigenvalue weighted by molar-refractivity contribution is 6.31. The van der Waals surface area contributed by atoms with Crippen LogP contribution in [0.25, 0.3) is 10.8 Å². The van der Waals surface area contributed by atoms with Gasteiger partial charge in [-0.05, 0) is 55.3 Å². The van der Waals surface area contributed by atoms with E-state index < -0.39 is 22.7 Å². The summed E-state index contributed by atoms with van der Waals surface area (Å²) < 4.78 is 40.9. The summed E-state index contributed by atoms with van der Waals surface area (Å²) in [4.78, 5) is 25.4. The maximum atomic E-state index is 13.1. The van der Waals surface area contributed by atoms with Crippen LogP contribution in [0.5, 0.6) is 0 Å². The van der Waals surface area contributed by atoms with Gasteiger partial charge in [-0.25, -0.2) is 0 Å². The van der Waals surface area contributed by atoms with Crippen molar-refractivity contribution in [2.24, 2.45) is 0 Å². The summed E-state index contributed by atoms with van der Waals surface area (Å²) in [6, 6.07) is 10.4. The van der Waals surface area contributed by atoms with Gasteiger partial charge in [0.25, 0.3) is 5.56 Å². The Balaban J connectivity index is 1.55. The lowest BCUT2D eigenvalue weighted by Crippen LogP contribution is -2.32. The van der Waals surface area contributed by atoms with Crippen LogP contribution in [-0.4, -0.2) is 23.1 Å². The molecule has 0 radical (unpaired) electrons. The molecule has 3 aromatic rings. The smallest absolute Gasteiger partial charge is 0.325 e. The van der Waals surface area contributed by atoms with Crippen LogP contribution in [0.2, 0.25) is 5.02 Å². The number of fused-ring (bicyclic) bond motifs is 1. The van der Waals surface area contributed by atoms with E-state index in [0.717, 1.165) is 31.5 Å². The van der Waals surface area contributed by atoms with Gasteiger partial charge in [-0.15, -0.1) is 0 Å². The van der Waals surface area contributed by atoms with Crippen LogP contribution in [-0.2, 0) is 23.9 Å². The third-order valence-corrected chi connectivity index (χ3v) is 5.90. The molecular weight excluding hydrogens is 443 g/mol. The first kappa shape index (κ1) is 22.4. The highest BCUT2D eigenvalue weighted by Crippen LogP contribution is 2.35. The number of nitrogens with one attached hydrogen (secondary N) is 2. The van der Waals surface area contributed by atoms with E-state index in [0.29, 0.717) is 23.0 Å². The molecule has 1 saturated heterocycles. The summed E-state index contributed by atoms with van der Waals surface area (Å²) in [5, 5.41) is 6.70. The summed E-state index contributed by atoms with van der Waals surface area (Å²) in [5.74, 6) is -0.493. The number of amides is 1. The van der Waals surface area contributed by atoms with Crippen molar-refractivity contribution in [1.82, 2.24) is 9.88 Å². The molecule has 1 fully saturated rings. The van der Waals surface area contributed by atoms with Crippen LogP contribution < -0.4 is 16.2 Å². The first-order valence-corrected chi connectivity index (χ1v) is 10.6. The quantitative estimate of drug-likeness (QED) is 0.581. The number of alkyl halides is 3. The number of pyridine rings is 1. The molecule has 1 amide bonds. The molecular formula is C23H21ClF3N3O2. The fourth-order valence-electron chi connectivity index (χ4n) is 4.00. The highest BCUT2D eigenvalue weighted by atomic mass is 35.5. The summed E-state index contributed by atoms with van der Waals surface area (Å²) in [5.41, 5.74) is -0.515. The minimum atomic E-state index is -4.60. The molecule has 1 aliphatic rings. The van der Waals surface area contributed by atoms with Crippen molar-refractivity contribution in [3.05, 3.63) is 75.2 Å². The molecule has 0 spiro atoms. The van der Waals surface area contributed by atoms with E-state index in [2.05, 4.69) is 10.6 Å². The predicted molar refractivity (Wildman–Crippen MR) is 118 cm³/mol. The van der Waals surface area contributed by atoms with Gasteiger partial charge in [0, 0.05) is 35.2 Å². The van der Waals surface area contributed by atoms with Crippen molar-refractivity contribution in [3.63, 3.8) is 0 Å². The second kappa shape index (κ2) is 8.96. The standard InChI is InChI=1S/C23H21ClF3N3O2/c24-19-7-6-14(11-18(19)23(25,26)27)12-21(31)29-20-5-1-4-17-16(20)8-10-30(22(17)32)13-15-3-2-9-28-15/h1,4-8,10-11,15,28H,2-3,9,12-13H2,(H,29,31)/t15-/m0/s1. The van der Waals surface area contributed by atoms with Gasteiger partial charge < -0.3 is 15.2 Å². The fourth-order valence-corrected chi connectivity index (χ4v) is 4.23. The predicted octanol–water partition coefficient (Wildman–Crippen LogP) is 4.61. The van der Waals surface area contributed by atoms with Gasteiger partial charge in [0.1, 0.15) is 0 Å². The maximum Gasteiger partial charge on any atom is 0.417 e. The van der Waals surface area contributed by atoms with Crippen LogP contribution in [0.15, 0.2) is 53.5 Å². The molecule has 1 aliphatic heterocycles. The number of aromatic nitrogens is 1. The number of hydrogen-bond acceptors (Lipinski definition) is 3. The number of anilines is 1. The average molecular weight is 464 g/mol. The third-order valence-electron chi connectivity index (χ3n) is 5.57. The van der Waals surface area contributed by atoms with E-state index >= 15 is 0 Å². The lowest BCUT2D eigenvalue weighted by atomic mass is 10.1. The Morgan fingerprint density at radius 3 is 2.72 bits per heavy atom. The van der Waals surface area contributed by atoms with E-state index in [-0.39, 0.29) is 23.6 Å². The zero-order valence-corrected chi connectivity index (χ0v) is 17.8. The highest BCUT2D eigenvalue weighted by Gasteiger charge is 2.33. The summed E-state index contributed by atoms with van der Waals surface area (Å²) >= 11 is 5.64. The number of benzene rings is 2. The zero-order chi connectivity index (χ0) is 22.9. The molecule has 9 heteroatoms. The molecule has 0 bridgehead atoms. The first-order valence-electron chi connectivity index (χ1n) is 10.2. The van der Waals surface area contributed by atoms with E-state index in [1.807, 2.05) is 0 Å². The molecule has 0 aliphatic carbocycles. The normalized spacial score (nSPS) is 16.4. The molecule has 5 nitrogen and oxygen atoms in total. The SMILES string of the molecule is O=C(Cc1ccc(Cl)c(C(F)(F)F)c1)Nc1cccc2c(=O)n(C[C@@H]3CCCN3)ccc12. The number of carbonyl (C=O) groups is 1. The third kappa shape index (κ3) is 4.81. The maximum absolute atomic E-state index is 13.1. The Morgan fingerprint density at radius 1 is 1.19 bits per heavy atom. The second-order valence-electron chi connectivity index (χ2n) is 7.87. The average Bonchev–Trinajstić information content (AvgIpc) is 3.24. The second-order valence-corrected chi connectivity index (χ2v) is 8.28. The molecule has 4 rings (SSSR count). The molecule has 0 unspecified atom stereocenters. The van der Waals surface area contributed by atoms with Gasteiger partial charge in [0.15, 0.2) is 0 Å². The van der Waals surface area contributed by atoms with Crippen molar-refractivity contribution >= 4 is 34.0 Å². The van der Waals surface area contributed by atoms with Crippen LogP contribution >= 0.6 is 11.6 Å². The molecule has 168 valence electrons. The number of carbonyl (C=O) groups excluding carboxylic acids is 1. The monoisotopic (exact) mass is 463 g/mol. The van der Waals surface area contributed by atoms with Gasteiger partial charge in [-0.2, -0.15) is 13.2 Å². The minimum Gasteiger partial charge on any atom is -0.325 e. The number of nitrogens with zero attached hydrogens (tertiary/aromatic N) is 1. The van der Waals surface area contributed by atoms with E-state index in [1.54, 1.807) is 35.0 Å². The summed E-state index contributed by atoms with van der Waals surface area (Å²) in [6.07, 6.45) is -1.06. The van der Waals surface area contributed by atoms with Gasteiger partial charge in [0.05, 0.1) is 17.0 Å². The molecule has 2 aromatic carbocycles. The Hall–Kier alpha value is -2.84. The van der Waals surface area contributed by atoms with Crippen molar-refractivity contribution < 1.29 is 18.0 Å². The first-order chi connectivity index (χ1) is 15.2. The molecule has 1 atom stereocenters. The molecule has 32 heavy (non-hydrogen) atoms. The fraction of sp³-hybridized carbons (Fsp3) is 0.304. The van der Waals surface area contributed by atoms with Crippen LogP contribution in [0.1, 0.15) is 24.0 Å². The number of halogens is 4. The van der Waals surface area contributed by atoms with Gasteiger partial charge in [-0.3, -0.25) is 9.59 Å². The zero-order valence-electron chi connectivity index (χ0n) is 17.0. The van der Waals surface area contributed by atoms with Crippen molar-refractivity contribution in [2.45, 2.75) is 38.0 Å². The van der Waals surface area contributed by atoms with Gasteiger partial charge in [-0.1, -0.05) is 23.7 Å². The Labute approximate surface area is 187 Å². The van der Waals surface area contributed by atoms with E-state index in [4.69, 9.17) is 11.6 Å². The van der Waals surface area contributed by atoms with Gasteiger partial charge in [0.2, 0.25) is 5.91 Å². The largest absolute Gasteiger partial charge is 0.417 e. The summed E-state index contributed by atoms with van der Waals surface area (Å²) in [7, 11) is 0. The molecule has 2 heterocycles. The Kier molecular flexibility index (Phi) is 6.26. The number of rotatable bonds is 5. The van der Waals surface area contributed by atoms with Crippen molar-refractivity contribution in [3.8, 4) is 0 Å². The number of hydrogen-bond donors (Lipinski definition) is 2. The van der Waals surface area contributed by atoms with E-state index in [9.17, 15) is 22.8 Å². The van der Waals surface area contributed by atoms with Gasteiger partial charge >= 0.3 is 6.18 Å². The van der Waals surface area contributed by atoms with Crippen LogP contribution in [0, 0.1) is 0 Å². The van der Waals surface area contributed by atoms with Crippen molar-refractivity contribution in [2.75, 3.05) is 11.9 Å². The molecule has 0 saturated carbocycles. The van der Waals surface area contributed by atoms with E-state index in [1.165, 1.54) is 6.07 Å². The van der Waals surface area contributed by atoms with Crippen LogP contribution in [0.3, 0.4) is 0 Å². The Morgan fingerprint density at radius 2 is 2.00 bits per heavy atom. The topological polar surface area (TPSA) is 63.1 Å². The Bertz CT molecular complexity index is 1220. The molecule has 1 aromatic heterocycles. The van der Waals surface area contributed by atoms with Crippen molar-refractivity contribution in [1.29, 1.82) is 0 Å². The summed E-state index contributed by atoms with van der Waals surface area (Å²) in [6.45, 7) is 1.52. The lowest BCUT2D eigenvalue weighted by molar-refractivity contribution is -0.137. The molecule has 2 N–H and O–H groups in total. The van der Waals surface area contributed by atoms with Crippen LogP contribution in [0.4, 0.5) is 18.9 Å². The minimum absolute atomic E-state index is 0.153.